The predicted octanol–water partition coefficient (Wildman–Crippen LogP) is 2.71. The SMILES string of the molecule is O=C(O)c1c[nH]c2c(-c3ccncc3F)c(F)c(F)cc2c1=O. The maximum absolute atomic E-state index is 14.2. The number of carboxylic acid groups (broad SMARTS) is 1. The Morgan fingerprint density at radius 2 is 1.96 bits per heavy atom. The Balaban J connectivity index is 2.50. The number of halogens is 3. The van der Waals surface area contributed by atoms with Gasteiger partial charge in [0.15, 0.2) is 11.6 Å². The van der Waals surface area contributed by atoms with Crippen molar-refractivity contribution in [3.05, 3.63) is 64.0 Å². The topological polar surface area (TPSA) is 83.0 Å². The molecule has 3 rings (SSSR count). The fourth-order valence-corrected chi connectivity index (χ4v) is 2.30. The molecule has 0 radical (unpaired) electrons. The lowest BCUT2D eigenvalue weighted by Crippen LogP contribution is -2.16. The van der Waals surface area contributed by atoms with Gasteiger partial charge in [0, 0.05) is 23.5 Å². The molecule has 0 atom stereocenters. The molecule has 2 N–H and O–H groups in total. The molecule has 2 aromatic heterocycles. The molecule has 1 aromatic carbocycles. The molecule has 2 heterocycles. The van der Waals surface area contributed by atoms with Crippen molar-refractivity contribution >= 4 is 16.9 Å². The summed E-state index contributed by atoms with van der Waals surface area (Å²) >= 11 is 0. The average Bonchev–Trinajstić information content (AvgIpc) is 2.51. The zero-order chi connectivity index (χ0) is 16.7. The van der Waals surface area contributed by atoms with E-state index in [1.165, 1.54) is 6.20 Å². The number of aromatic nitrogens is 2. The van der Waals surface area contributed by atoms with Crippen LogP contribution in [0.15, 0.2) is 35.5 Å². The van der Waals surface area contributed by atoms with Crippen LogP contribution in [0.5, 0.6) is 0 Å². The lowest BCUT2D eigenvalue weighted by molar-refractivity contribution is 0.0695. The Hall–Kier alpha value is -3.16. The second-order valence-electron chi connectivity index (χ2n) is 4.66. The molecule has 0 amide bonds. The maximum Gasteiger partial charge on any atom is 0.341 e. The Labute approximate surface area is 126 Å². The highest BCUT2D eigenvalue weighted by molar-refractivity contribution is 5.98. The number of nitrogens with one attached hydrogen (secondary N) is 1. The molecule has 0 saturated carbocycles. The van der Waals surface area contributed by atoms with Crippen molar-refractivity contribution in [3.63, 3.8) is 0 Å². The van der Waals surface area contributed by atoms with E-state index in [-0.39, 0.29) is 11.1 Å². The summed E-state index contributed by atoms with van der Waals surface area (Å²) in [7, 11) is 0. The van der Waals surface area contributed by atoms with Crippen molar-refractivity contribution in [2.45, 2.75) is 0 Å². The fraction of sp³-hybridized carbons (Fsp3) is 0. The highest BCUT2D eigenvalue weighted by Gasteiger charge is 2.22. The number of fused-ring (bicyclic) bond motifs is 1. The molecule has 116 valence electrons. The summed E-state index contributed by atoms with van der Waals surface area (Å²) in [4.78, 5) is 29.0. The second kappa shape index (κ2) is 5.24. The van der Waals surface area contributed by atoms with E-state index in [0.29, 0.717) is 6.07 Å². The third kappa shape index (κ3) is 2.24. The van der Waals surface area contributed by atoms with Crippen molar-refractivity contribution in [1.29, 1.82) is 0 Å². The van der Waals surface area contributed by atoms with Crippen LogP contribution in [-0.4, -0.2) is 21.0 Å². The second-order valence-corrected chi connectivity index (χ2v) is 4.66. The van der Waals surface area contributed by atoms with Gasteiger partial charge in [-0.15, -0.1) is 0 Å². The molecular formula is C15H7F3N2O3. The number of rotatable bonds is 2. The smallest absolute Gasteiger partial charge is 0.341 e. The first-order valence-electron chi connectivity index (χ1n) is 6.28. The zero-order valence-corrected chi connectivity index (χ0v) is 11.2. The van der Waals surface area contributed by atoms with Crippen LogP contribution in [0.4, 0.5) is 13.2 Å². The monoisotopic (exact) mass is 320 g/mol. The van der Waals surface area contributed by atoms with Crippen molar-refractivity contribution in [3.8, 4) is 11.1 Å². The van der Waals surface area contributed by atoms with Gasteiger partial charge in [0.25, 0.3) is 0 Å². The molecule has 0 aliphatic heterocycles. The summed E-state index contributed by atoms with van der Waals surface area (Å²) in [6, 6.07) is 1.70. The lowest BCUT2D eigenvalue weighted by Gasteiger charge is -2.10. The Kier molecular flexibility index (Phi) is 3.36. The first kappa shape index (κ1) is 14.8. The van der Waals surface area contributed by atoms with Crippen molar-refractivity contribution in [2.24, 2.45) is 0 Å². The predicted molar refractivity (Wildman–Crippen MR) is 74.6 cm³/mol. The van der Waals surface area contributed by atoms with Gasteiger partial charge >= 0.3 is 5.97 Å². The number of aromatic carboxylic acids is 1. The molecule has 23 heavy (non-hydrogen) atoms. The minimum Gasteiger partial charge on any atom is -0.477 e. The first-order valence-corrected chi connectivity index (χ1v) is 6.28. The number of aromatic amines is 1. The summed E-state index contributed by atoms with van der Waals surface area (Å²) in [5.41, 5.74) is -2.65. The molecule has 0 aliphatic rings. The van der Waals surface area contributed by atoms with E-state index in [1.54, 1.807) is 0 Å². The van der Waals surface area contributed by atoms with Gasteiger partial charge in [-0.3, -0.25) is 9.78 Å². The number of H-pyrrole nitrogens is 1. The van der Waals surface area contributed by atoms with Crippen molar-refractivity contribution in [1.82, 2.24) is 9.97 Å². The summed E-state index contributed by atoms with van der Waals surface area (Å²) in [6.45, 7) is 0. The molecule has 5 nitrogen and oxygen atoms in total. The third-order valence-corrected chi connectivity index (χ3v) is 3.34. The number of carbonyl (C=O) groups is 1. The quantitative estimate of drug-likeness (QED) is 0.760. The fourth-order valence-electron chi connectivity index (χ4n) is 2.30. The third-order valence-electron chi connectivity index (χ3n) is 3.34. The van der Waals surface area contributed by atoms with E-state index in [2.05, 4.69) is 9.97 Å². The van der Waals surface area contributed by atoms with Crippen LogP contribution in [0.25, 0.3) is 22.0 Å². The molecular weight excluding hydrogens is 313 g/mol. The number of benzene rings is 1. The highest BCUT2D eigenvalue weighted by atomic mass is 19.2. The lowest BCUT2D eigenvalue weighted by atomic mass is 10.0. The van der Waals surface area contributed by atoms with Crippen molar-refractivity contribution < 1.29 is 23.1 Å². The Morgan fingerprint density at radius 1 is 1.22 bits per heavy atom. The molecule has 0 unspecified atom stereocenters. The molecule has 0 aliphatic carbocycles. The van der Waals surface area contributed by atoms with E-state index in [4.69, 9.17) is 5.11 Å². The van der Waals surface area contributed by atoms with Gasteiger partial charge in [-0.1, -0.05) is 0 Å². The normalized spacial score (nSPS) is 10.9. The molecule has 0 saturated heterocycles. The van der Waals surface area contributed by atoms with Gasteiger partial charge in [0.1, 0.15) is 11.4 Å². The summed E-state index contributed by atoms with van der Waals surface area (Å²) in [6.07, 6.45) is 2.85. The van der Waals surface area contributed by atoms with Crippen LogP contribution in [0, 0.1) is 17.5 Å². The Morgan fingerprint density at radius 3 is 2.61 bits per heavy atom. The number of nitrogens with zero attached hydrogens (tertiary/aromatic N) is 1. The van der Waals surface area contributed by atoms with Gasteiger partial charge in [-0.05, 0) is 12.1 Å². The number of carboxylic acids is 1. The number of hydrogen-bond acceptors (Lipinski definition) is 3. The van der Waals surface area contributed by atoms with E-state index < -0.39 is 45.4 Å². The maximum atomic E-state index is 14.2. The largest absolute Gasteiger partial charge is 0.477 e. The minimum atomic E-state index is -1.52. The van der Waals surface area contributed by atoms with Gasteiger partial charge in [0.05, 0.1) is 17.1 Å². The van der Waals surface area contributed by atoms with E-state index in [1.807, 2.05) is 0 Å². The van der Waals surface area contributed by atoms with Gasteiger partial charge in [0.2, 0.25) is 5.43 Å². The average molecular weight is 320 g/mol. The standard InChI is InChI=1S/C15H7F3N2O3/c16-9-3-7-13(20-4-8(14(7)21)15(22)23)11(12(9)18)6-1-2-19-5-10(6)17/h1-5H,(H,20,21)(H,22,23). The minimum absolute atomic E-state index is 0.205. The van der Waals surface area contributed by atoms with Gasteiger partial charge in [-0.25, -0.2) is 18.0 Å². The molecule has 3 aromatic rings. The van der Waals surface area contributed by atoms with Crippen LogP contribution in [0.1, 0.15) is 10.4 Å². The first-order chi connectivity index (χ1) is 10.9. The van der Waals surface area contributed by atoms with E-state index in [0.717, 1.165) is 18.5 Å². The molecule has 0 bridgehead atoms. The number of pyridine rings is 2. The molecule has 0 fully saturated rings. The van der Waals surface area contributed by atoms with Crippen LogP contribution >= 0.6 is 0 Å². The molecule has 8 heteroatoms. The van der Waals surface area contributed by atoms with Gasteiger partial charge in [-0.2, -0.15) is 0 Å². The van der Waals surface area contributed by atoms with Crippen LogP contribution in [0.2, 0.25) is 0 Å². The summed E-state index contributed by atoms with van der Waals surface area (Å²) in [5, 5.41) is 8.53. The van der Waals surface area contributed by atoms with Gasteiger partial charge < -0.3 is 10.1 Å². The van der Waals surface area contributed by atoms with E-state index >= 15 is 0 Å². The van der Waals surface area contributed by atoms with Crippen molar-refractivity contribution in [2.75, 3.05) is 0 Å². The summed E-state index contributed by atoms with van der Waals surface area (Å²) < 4.78 is 41.9. The van der Waals surface area contributed by atoms with E-state index in [9.17, 15) is 22.8 Å². The van der Waals surface area contributed by atoms with Crippen LogP contribution in [0.3, 0.4) is 0 Å². The number of hydrogen-bond donors (Lipinski definition) is 2. The summed E-state index contributed by atoms with van der Waals surface area (Å²) in [5.74, 6) is -5.19. The molecule has 0 spiro atoms. The highest BCUT2D eigenvalue weighted by Crippen LogP contribution is 2.32. The zero-order valence-electron chi connectivity index (χ0n) is 11.2. The Bertz CT molecular complexity index is 1010. The van der Waals surface area contributed by atoms with Crippen LogP contribution < -0.4 is 5.43 Å². The van der Waals surface area contributed by atoms with Crippen LogP contribution in [-0.2, 0) is 0 Å².